The molecule has 0 aliphatic heterocycles. The molecule has 0 amide bonds. The van der Waals surface area contributed by atoms with Gasteiger partial charge in [0, 0.05) is 12.7 Å². The second-order valence-corrected chi connectivity index (χ2v) is 2.36. The van der Waals surface area contributed by atoms with Crippen LogP contribution >= 0.6 is 0 Å². The minimum atomic E-state index is -0.125. The molecule has 0 aromatic carbocycles. The topological polar surface area (TPSA) is 61.1 Å². The fourth-order valence-electron chi connectivity index (χ4n) is 0.719. The van der Waals surface area contributed by atoms with E-state index in [2.05, 4.69) is 15.3 Å². The lowest BCUT2D eigenvalue weighted by Crippen LogP contribution is -2.16. The third-order valence-corrected chi connectivity index (χ3v) is 1.46. The van der Waals surface area contributed by atoms with Gasteiger partial charge < -0.3 is 5.11 Å². The van der Waals surface area contributed by atoms with Crippen LogP contribution in [0.1, 0.15) is 6.92 Å². The van der Waals surface area contributed by atoms with Crippen molar-refractivity contribution in [3.63, 3.8) is 0 Å². The Morgan fingerprint density at radius 3 is 3.00 bits per heavy atom. The van der Waals surface area contributed by atoms with E-state index in [-0.39, 0.29) is 6.73 Å². The Labute approximate surface area is 76.7 Å². The highest BCUT2D eigenvalue weighted by atomic mass is 16.3. The number of rotatable bonds is 4. The van der Waals surface area contributed by atoms with Crippen molar-refractivity contribution in [1.29, 1.82) is 0 Å². The maximum atomic E-state index is 8.76. The summed E-state index contributed by atoms with van der Waals surface area (Å²) in [4.78, 5) is 3.88. The van der Waals surface area contributed by atoms with Gasteiger partial charge in [0.15, 0.2) is 0 Å². The van der Waals surface area contributed by atoms with Gasteiger partial charge in [-0.05, 0) is 19.1 Å². The zero-order chi connectivity index (χ0) is 9.52. The van der Waals surface area contributed by atoms with Gasteiger partial charge in [0.2, 0.25) is 0 Å². The number of aliphatic hydroxyl groups excluding tert-OH is 1. The molecule has 0 aliphatic rings. The van der Waals surface area contributed by atoms with E-state index in [0.717, 1.165) is 0 Å². The number of aliphatic hydroxyl groups is 1. The van der Waals surface area contributed by atoms with E-state index < -0.39 is 0 Å². The zero-order valence-corrected chi connectivity index (χ0v) is 7.46. The van der Waals surface area contributed by atoms with Gasteiger partial charge in [0.25, 0.3) is 0 Å². The first-order valence-electron chi connectivity index (χ1n) is 4.04. The lowest BCUT2D eigenvalue weighted by atomic mass is 10.4. The molecular weight excluding hydrogens is 168 g/mol. The molecule has 0 atom stereocenters. The standard InChI is InChI=1S/C8H12N4O/c1-2-12(7-13)11-10-8-4-3-5-9-6-8/h3-6,13H,2,7H2,1H3. The number of pyridine rings is 1. The quantitative estimate of drug-likeness (QED) is 0.432. The van der Waals surface area contributed by atoms with Crippen LogP contribution in [0.2, 0.25) is 0 Å². The fourth-order valence-corrected chi connectivity index (χ4v) is 0.719. The van der Waals surface area contributed by atoms with Gasteiger partial charge in [-0.1, -0.05) is 5.22 Å². The van der Waals surface area contributed by atoms with Crippen molar-refractivity contribution in [2.24, 2.45) is 10.3 Å². The van der Waals surface area contributed by atoms with Crippen LogP contribution in [0.4, 0.5) is 5.69 Å². The highest BCUT2D eigenvalue weighted by molar-refractivity contribution is 5.30. The first-order valence-corrected chi connectivity index (χ1v) is 4.04. The minimum absolute atomic E-state index is 0.125. The summed E-state index contributed by atoms with van der Waals surface area (Å²) in [6.07, 6.45) is 3.28. The monoisotopic (exact) mass is 180 g/mol. The van der Waals surface area contributed by atoms with E-state index in [1.54, 1.807) is 24.5 Å². The summed E-state index contributed by atoms with van der Waals surface area (Å²) in [5, 5.41) is 17.9. The van der Waals surface area contributed by atoms with Gasteiger partial charge in [-0.25, -0.2) is 0 Å². The zero-order valence-electron chi connectivity index (χ0n) is 7.46. The Hall–Kier alpha value is -1.49. The molecule has 70 valence electrons. The number of aromatic nitrogens is 1. The molecule has 0 fully saturated rings. The van der Waals surface area contributed by atoms with Gasteiger partial charge in [-0.3, -0.25) is 9.99 Å². The third kappa shape index (κ3) is 3.16. The minimum Gasteiger partial charge on any atom is -0.375 e. The first-order chi connectivity index (χ1) is 6.36. The van der Waals surface area contributed by atoms with Crippen LogP contribution in [0, 0.1) is 0 Å². The number of hydrogen-bond donors (Lipinski definition) is 1. The molecule has 0 unspecified atom stereocenters. The lowest BCUT2D eigenvalue weighted by molar-refractivity contribution is 0.108. The Morgan fingerprint density at radius 2 is 2.46 bits per heavy atom. The summed E-state index contributed by atoms with van der Waals surface area (Å²) >= 11 is 0. The molecule has 0 bridgehead atoms. The molecule has 5 nitrogen and oxygen atoms in total. The highest BCUT2D eigenvalue weighted by Crippen LogP contribution is 2.08. The summed E-state index contributed by atoms with van der Waals surface area (Å²) < 4.78 is 0. The molecule has 0 radical (unpaired) electrons. The summed E-state index contributed by atoms with van der Waals surface area (Å²) in [7, 11) is 0. The average molecular weight is 180 g/mol. The SMILES string of the molecule is CCN(CO)N=Nc1cccnc1. The van der Waals surface area contributed by atoms with Crippen LogP contribution in [0.15, 0.2) is 34.9 Å². The Balaban J connectivity index is 2.57. The van der Waals surface area contributed by atoms with E-state index in [1.807, 2.05) is 6.92 Å². The average Bonchev–Trinajstić information content (AvgIpc) is 2.21. The van der Waals surface area contributed by atoms with Gasteiger partial charge in [-0.2, -0.15) is 0 Å². The maximum absolute atomic E-state index is 8.76. The molecule has 5 heteroatoms. The van der Waals surface area contributed by atoms with Crippen molar-refractivity contribution >= 4 is 5.69 Å². The van der Waals surface area contributed by atoms with E-state index in [1.165, 1.54) is 5.01 Å². The van der Waals surface area contributed by atoms with Crippen molar-refractivity contribution in [1.82, 2.24) is 9.99 Å². The lowest BCUT2D eigenvalue weighted by Gasteiger charge is -2.09. The molecular formula is C8H12N4O. The molecule has 13 heavy (non-hydrogen) atoms. The second kappa shape index (κ2) is 5.21. The summed E-state index contributed by atoms with van der Waals surface area (Å²) in [5.41, 5.74) is 0.675. The normalized spacial score (nSPS) is 10.6. The predicted octanol–water partition coefficient (Wildman–Crippen LogP) is 1.35. The van der Waals surface area contributed by atoms with Gasteiger partial charge in [0.1, 0.15) is 12.4 Å². The summed E-state index contributed by atoms with van der Waals surface area (Å²) in [6, 6.07) is 3.57. The van der Waals surface area contributed by atoms with Gasteiger partial charge in [0.05, 0.1) is 6.20 Å². The predicted molar refractivity (Wildman–Crippen MR) is 48.2 cm³/mol. The van der Waals surface area contributed by atoms with E-state index in [9.17, 15) is 0 Å². The molecule has 1 heterocycles. The summed E-state index contributed by atoms with van der Waals surface area (Å²) in [5.74, 6) is 0. The molecule has 0 aliphatic carbocycles. The Kier molecular flexibility index (Phi) is 3.84. The summed E-state index contributed by atoms with van der Waals surface area (Å²) in [6.45, 7) is 2.39. The smallest absolute Gasteiger partial charge is 0.133 e. The van der Waals surface area contributed by atoms with Crippen molar-refractivity contribution < 1.29 is 5.11 Å². The van der Waals surface area contributed by atoms with E-state index >= 15 is 0 Å². The van der Waals surface area contributed by atoms with Crippen molar-refractivity contribution in [2.45, 2.75) is 6.92 Å². The molecule has 1 N–H and O–H groups in total. The molecule has 0 spiro atoms. The van der Waals surface area contributed by atoms with E-state index in [4.69, 9.17) is 5.11 Å². The molecule has 1 aromatic rings. The van der Waals surface area contributed by atoms with Crippen molar-refractivity contribution in [3.05, 3.63) is 24.5 Å². The highest BCUT2D eigenvalue weighted by Gasteiger charge is 1.92. The Bertz CT molecular complexity index is 258. The molecule has 0 saturated carbocycles. The number of hydrogen-bond acceptors (Lipinski definition) is 4. The Morgan fingerprint density at radius 1 is 1.62 bits per heavy atom. The molecule has 1 rings (SSSR count). The molecule has 0 saturated heterocycles. The second-order valence-electron chi connectivity index (χ2n) is 2.36. The molecule has 1 aromatic heterocycles. The van der Waals surface area contributed by atoms with Gasteiger partial charge >= 0.3 is 0 Å². The van der Waals surface area contributed by atoms with Crippen LogP contribution in [0.3, 0.4) is 0 Å². The fraction of sp³-hybridized carbons (Fsp3) is 0.375. The van der Waals surface area contributed by atoms with Crippen molar-refractivity contribution in [2.75, 3.05) is 13.3 Å². The largest absolute Gasteiger partial charge is 0.375 e. The maximum Gasteiger partial charge on any atom is 0.133 e. The van der Waals surface area contributed by atoms with Crippen LogP contribution in [0.5, 0.6) is 0 Å². The van der Waals surface area contributed by atoms with Crippen LogP contribution < -0.4 is 0 Å². The van der Waals surface area contributed by atoms with Crippen LogP contribution in [-0.4, -0.2) is 28.4 Å². The van der Waals surface area contributed by atoms with E-state index in [0.29, 0.717) is 12.2 Å². The van der Waals surface area contributed by atoms with Crippen molar-refractivity contribution in [3.8, 4) is 0 Å². The third-order valence-electron chi connectivity index (χ3n) is 1.46. The van der Waals surface area contributed by atoms with Crippen LogP contribution in [-0.2, 0) is 0 Å². The van der Waals surface area contributed by atoms with Crippen LogP contribution in [0.25, 0.3) is 0 Å². The number of nitrogens with zero attached hydrogens (tertiary/aromatic N) is 4. The van der Waals surface area contributed by atoms with Gasteiger partial charge in [-0.15, -0.1) is 5.11 Å². The first kappa shape index (κ1) is 9.60.